The summed E-state index contributed by atoms with van der Waals surface area (Å²) in [5.74, 6) is 0.303. The van der Waals surface area contributed by atoms with E-state index in [4.69, 9.17) is 0 Å². The first kappa shape index (κ1) is 15.7. The molecule has 2 N–H and O–H groups in total. The second-order valence-electron chi connectivity index (χ2n) is 5.41. The lowest BCUT2D eigenvalue weighted by atomic mass is 10.0. The third-order valence-electron chi connectivity index (χ3n) is 3.82. The van der Waals surface area contributed by atoms with Gasteiger partial charge in [0.25, 0.3) is 0 Å². The Morgan fingerprint density at radius 3 is 2.52 bits per heavy atom. The Morgan fingerprint density at radius 1 is 1.19 bits per heavy atom. The van der Waals surface area contributed by atoms with Crippen molar-refractivity contribution in [2.75, 3.05) is 5.43 Å². The minimum atomic E-state index is -4.45. The molecule has 1 saturated carbocycles. The zero-order valence-electron chi connectivity index (χ0n) is 11.7. The summed E-state index contributed by atoms with van der Waals surface area (Å²) < 4.78 is 38.3. The molecule has 0 aromatic heterocycles. The first-order valence-electron chi connectivity index (χ1n) is 7.18. The number of carbonyl (C=O) groups excluding carboxylic acids is 1. The number of alkyl halides is 3. The maximum Gasteiger partial charge on any atom is 0.418 e. The molecule has 0 aliphatic heterocycles. The second-order valence-corrected chi connectivity index (χ2v) is 5.41. The quantitative estimate of drug-likeness (QED) is 0.803. The smallest absolute Gasteiger partial charge is 0.298 e. The Labute approximate surface area is 121 Å². The van der Waals surface area contributed by atoms with Gasteiger partial charge in [0.2, 0.25) is 5.91 Å². The van der Waals surface area contributed by atoms with Crippen LogP contribution < -0.4 is 10.9 Å². The predicted molar refractivity (Wildman–Crippen MR) is 74.4 cm³/mol. The highest BCUT2D eigenvalue weighted by atomic mass is 19.4. The summed E-state index contributed by atoms with van der Waals surface area (Å²) in [6, 6.07) is 5.07. The number of nitrogens with one attached hydrogen (secondary N) is 2. The third-order valence-corrected chi connectivity index (χ3v) is 3.82. The lowest BCUT2D eigenvalue weighted by Gasteiger charge is -2.15. The lowest BCUT2D eigenvalue weighted by molar-refractivity contribution is -0.137. The number of hydrazine groups is 1. The topological polar surface area (TPSA) is 41.1 Å². The first-order chi connectivity index (χ1) is 9.97. The predicted octanol–water partition coefficient (Wildman–Crippen LogP) is 4.12. The van der Waals surface area contributed by atoms with Gasteiger partial charge in [-0.2, -0.15) is 13.2 Å². The number of para-hydroxylation sites is 1. The summed E-state index contributed by atoms with van der Waals surface area (Å²) in [7, 11) is 0. The molecular weight excluding hydrogens is 281 g/mol. The van der Waals surface area contributed by atoms with Crippen LogP contribution in [-0.2, 0) is 11.0 Å². The van der Waals surface area contributed by atoms with E-state index in [9.17, 15) is 18.0 Å². The molecule has 2 rings (SSSR count). The molecule has 1 aromatic carbocycles. The van der Waals surface area contributed by atoms with E-state index in [-0.39, 0.29) is 11.6 Å². The van der Waals surface area contributed by atoms with Gasteiger partial charge < -0.3 is 0 Å². The molecular formula is C15H19F3N2O. The van der Waals surface area contributed by atoms with Gasteiger partial charge in [-0.25, -0.2) is 0 Å². The van der Waals surface area contributed by atoms with Crippen molar-refractivity contribution in [1.29, 1.82) is 0 Å². The molecule has 3 nitrogen and oxygen atoms in total. The van der Waals surface area contributed by atoms with E-state index in [1.165, 1.54) is 31.0 Å². The van der Waals surface area contributed by atoms with Crippen LogP contribution in [0.25, 0.3) is 0 Å². The van der Waals surface area contributed by atoms with Crippen LogP contribution >= 0.6 is 0 Å². The molecule has 0 heterocycles. The number of rotatable bonds is 5. The third kappa shape index (κ3) is 4.65. The summed E-state index contributed by atoms with van der Waals surface area (Å²) in [5, 5.41) is 0. The minimum Gasteiger partial charge on any atom is -0.298 e. The van der Waals surface area contributed by atoms with Crippen LogP contribution in [0.15, 0.2) is 24.3 Å². The van der Waals surface area contributed by atoms with E-state index >= 15 is 0 Å². The van der Waals surface area contributed by atoms with Crippen molar-refractivity contribution in [3.8, 4) is 0 Å². The van der Waals surface area contributed by atoms with Crippen LogP contribution in [0.2, 0.25) is 0 Å². The Balaban J connectivity index is 1.83. The van der Waals surface area contributed by atoms with Crippen molar-refractivity contribution in [2.24, 2.45) is 5.92 Å². The Hall–Kier alpha value is -1.72. The zero-order valence-corrected chi connectivity index (χ0v) is 11.7. The fourth-order valence-electron chi connectivity index (χ4n) is 2.67. The van der Waals surface area contributed by atoms with Crippen LogP contribution in [0.1, 0.15) is 44.1 Å². The van der Waals surface area contributed by atoms with Crippen molar-refractivity contribution in [1.82, 2.24) is 5.43 Å². The molecule has 6 heteroatoms. The second kappa shape index (κ2) is 6.83. The number of carbonyl (C=O) groups is 1. The highest BCUT2D eigenvalue weighted by molar-refractivity contribution is 5.77. The number of amides is 1. The number of benzene rings is 1. The zero-order chi connectivity index (χ0) is 15.3. The molecule has 1 amide bonds. The molecule has 0 spiro atoms. The highest BCUT2D eigenvalue weighted by Crippen LogP contribution is 2.34. The van der Waals surface area contributed by atoms with Gasteiger partial charge in [0, 0.05) is 6.42 Å². The van der Waals surface area contributed by atoms with Crippen LogP contribution in [0.4, 0.5) is 18.9 Å². The number of hydrogen-bond donors (Lipinski definition) is 2. The summed E-state index contributed by atoms with van der Waals surface area (Å²) in [5.41, 5.74) is 3.79. The Kier molecular flexibility index (Phi) is 5.09. The van der Waals surface area contributed by atoms with E-state index in [0.717, 1.165) is 25.3 Å². The summed E-state index contributed by atoms with van der Waals surface area (Å²) in [6.45, 7) is 0. The maximum absolute atomic E-state index is 12.8. The molecule has 1 aliphatic rings. The Bertz CT molecular complexity index is 482. The van der Waals surface area contributed by atoms with Gasteiger partial charge in [-0.15, -0.1) is 0 Å². The van der Waals surface area contributed by atoms with E-state index < -0.39 is 11.7 Å². The molecule has 0 atom stereocenters. The molecule has 0 bridgehead atoms. The average Bonchev–Trinajstić information content (AvgIpc) is 2.95. The van der Waals surface area contributed by atoms with Gasteiger partial charge in [-0.3, -0.25) is 15.6 Å². The van der Waals surface area contributed by atoms with E-state index in [1.807, 2.05) is 0 Å². The molecule has 1 aliphatic carbocycles. The Morgan fingerprint density at radius 2 is 1.86 bits per heavy atom. The van der Waals surface area contributed by atoms with Crippen LogP contribution in [-0.4, -0.2) is 5.91 Å². The van der Waals surface area contributed by atoms with Gasteiger partial charge in [-0.1, -0.05) is 37.8 Å². The fourth-order valence-corrected chi connectivity index (χ4v) is 2.67. The summed E-state index contributed by atoms with van der Waals surface area (Å²) >= 11 is 0. The largest absolute Gasteiger partial charge is 0.418 e. The van der Waals surface area contributed by atoms with Crippen LogP contribution in [0.3, 0.4) is 0 Å². The number of halogens is 3. The molecule has 21 heavy (non-hydrogen) atoms. The van der Waals surface area contributed by atoms with Crippen LogP contribution in [0, 0.1) is 5.92 Å². The maximum atomic E-state index is 12.8. The van der Waals surface area contributed by atoms with Crippen LogP contribution in [0.5, 0.6) is 0 Å². The molecule has 0 saturated heterocycles. The minimum absolute atomic E-state index is 0.140. The van der Waals surface area contributed by atoms with Gasteiger partial charge in [0.05, 0.1) is 11.3 Å². The van der Waals surface area contributed by atoms with E-state index in [2.05, 4.69) is 10.9 Å². The molecule has 0 radical (unpaired) electrons. The standard InChI is InChI=1S/C15H19F3N2O/c16-15(17,18)12-7-3-4-8-13(12)19-20-14(21)10-9-11-5-1-2-6-11/h3-4,7-8,11,19H,1-2,5-6,9-10H2,(H,20,21). The summed E-state index contributed by atoms with van der Waals surface area (Å²) in [4.78, 5) is 11.7. The number of anilines is 1. The fraction of sp³-hybridized carbons (Fsp3) is 0.533. The van der Waals surface area contributed by atoms with E-state index in [0.29, 0.717) is 12.3 Å². The first-order valence-corrected chi connectivity index (χ1v) is 7.18. The highest BCUT2D eigenvalue weighted by Gasteiger charge is 2.33. The normalized spacial score (nSPS) is 16.0. The van der Waals surface area contributed by atoms with Gasteiger partial charge in [0.15, 0.2) is 0 Å². The van der Waals surface area contributed by atoms with Gasteiger partial charge in [-0.05, 0) is 24.5 Å². The number of hydrogen-bond acceptors (Lipinski definition) is 2. The van der Waals surface area contributed by atoms with Crippen molar-refractivity contribution < 1.29 is 18.0 Å². The monoisotopic (exact) mass is 300 g/mol. The SMILES string of the molecule is O=C(CCC1CCCC1)NNc1ccccc1C(F)(F)F. The molecule has 116 valence electrons. The van der Waals surface area contributed by atoms with Gasteiger partial charge >= 0.3 is 6.18 Å². The average molecular weight is 300 g/mol. The lowest BCUT2D eigenvalue weighted by Crippen LogP contribution is -2.30. The van der Waals surface area contributed by atoms with Crippen molar-refractivity contribution in [3.05, 3.63) is 29.8 Å². The van der Waals surface area contributed by atoms with Crippen molar-refractivity contribution >= 4 is 11.6 Å². The summed E-state index contributed by atoms with van der Waals surface area (Å²) in [6.07, 6.45) is 1.42. The molecule has 1 fully saturated rings. The van der Waals surface area contributed by atoms with Crippen molar-refractivity contribution in [2.45, 2.75) is 44.7 Å². The molecule has 0 unspecified atom stereocenters. The molecule has 1 aromatic rings. The van der Waals surface area contributed by atoms with E-state index in [1.54, 1.807) is 0 Å². The van der Waals surface area contributed by atoms with Crippen molar-refractivity contribution in [3.63, 3.8) is 0 Å². The van der Waals surface area contributed by atoms with Gasteiger partial charge in [0.1, 0.15) is 0 Å².